The van der Waals surface area contributed by atoms with Crippen molar-refractivity contribution in [1.82, 2.24) is 4.90 Å². The number of alkyl halides is 1. The Kier molecular flexibility index (Phi) is 8.56. The van der Waals surface area contributed by atoms with Crippen LogP contribution < -0.4 is 0 Å². The Morgan fingerprint density at radius 3 is 2.53 bits per heavy atom. The maximum atomic E-state index is 12.2. The average Bonchev–Trinajstić information content (AvgIpc) is 2.62. The van der Waals surface area contributed by atoms with Crippen LogP contribution in [0.2, 0.25) is 0 Å². The molecule has 0 saturated carbocycles. The molecule has 90 valence electrons. The zero-order valence-electron chi connectivity index (χ0n) is 9.71. The fraction of sp³-hybridized carbons (Fsp3) is 0.818. The van der Waals surface area contributed by atoms with Gasteiger partial charge in [-0.15, -0.1) is 6.58 Å². The van der Waals surface area contributed by atoms with Crippen LogP contribution in [0.3, 0.4) is 0 Å². The molecule has 0 bridgehead atoms. The zero-order valence-corrected chi connectivity index (χ0v) is 9.71. The van der Waals surface area contributed by atoms with Crippen molar-refractivity contribution in [3.63, 3.8) is 0 Å². The van der Waals surface area contributed by atoms with Crippen molar-refractivity contribution in [2.24, 2.45) is 0 Å². The maximum Gasteiger partial charge on any atom is 0.114 e. The highest BCUT2D eigenvalue weighted by atomic mass is 19.1. The number of ether oxygens (including phenoxy) is 1. The SMILES string of the molecule is C=C(C)CCOC.OCN1CCC(F)C1. The summed E-state index contributed by atoms with van der Waals surface area (Å²) in [6.07, 6.45) is 0.860. The molecular formula is C11H22FNO2. The summed E-state index contributed by atoms with van der Waals surface area (Å²) >= 11 is 0. The highest BCUT2D eigenvalue weighted by Crippen LogP contribution is 2.09. The Balaban J connectivity index is 0.000000265. The van der Waals surface area contributed by atoms with Gasteiger partial charge in [0.1, 0.15) is 6.17 Å². The molecule has 1 atom stereocenters. The van der Waals surface area contributed by atoms with E-state index in [2.05, 4.69) is 6.58 Å². The van der Waals surface area contributed by atoms with E-state index >= 15 is 0 Å². The highest BCUT2D eigenvalue weighted by Gasteiger charge is 2.19. The van der Waals surface area contributed by atoms with Crippen LogP contribution in [0.25, 0.3) is 0 Å². The van der Waals surface area contributed by atoms with Gasteiger partial charge in [0, 0.05) is 26.8 Å². The molecule has 1 heterocycles. The van der Waals surface area contributed by atoms with Gasteiger partial charge < -0.3 is 9.84 Å². The van der Waals surface area contributed by atoms with E-state index in [1.165, 1.54) is 5.57 Å². The van der Waals surface area contributed by atoms with Crippen molar-refractivity contribution in [3.05, 3.63) is 12.2 Å². The van der Waals surface area contributed by atoms with Crippen LogP contribution in [0.15, 0.2) is 12.2 Å². The van der Waals surface area contributed by atoms with Crippen molar-refractivity contribution in [2.45, 2.75) is 25.9 Å². The van der Waals surface area contributed by atoms with Gasteiger partial charge in [-0.1, -0.05) is 5.57 Å². The summed E-state index contributed by atoms with van der Waals surface area (Å²) in [5.41, 5.74) is 1.18. The Hall–Kier alpha value is -0.450. The summed E-state index contributed by atoms with van der Waals surface area (Å²) in [6, 6.07) is 0. The van der Waals surface area contributed by atoms with E-state index in [1.807, 2.05) is 6.92 Å². The first-order chi connectivity index (χ1) is 7.10. The lowest BCUT2D eigenvalue weighted by molar-refractivity contribution is 0.124. The Morgan fingerprint density at radius 1 is 1.67 bits per heavy atom. The highest BCUT2D eigenvalue weighted by molar-refractivity contribution is 4.86. The molecule has 1 N–H and O–H groups in total. The van der Waals surface area contributed by atoms with Gasteiger partial charge in [0.05, 0.1) is 6.73 Å². The number of rotatable bonds is 4. The summed E-state index contributed by atoms with van der Waals surface area (Å²) in [7, 11) is 1.70. The molecule has 0 radical (unpaired) electrons. The van der Waals surface area contributed by atoms with Crippen LogP contribution in [0.5, 0.6) is 0 Å². The van der Waals surface area contributed by atoms with Crippen LogP contribution in [-0.4, -0.2) is 49.7 Å². The standard InChI is InChI=1S/C6H12O.C5H10FNO/c1-6(2)4-5-7-3;6-5-1-2-7(3-5)4-8/h1,4-5H2,2-3H3;5,8H,1-4H2. The summed E-state index contributed by atoms with van der Waals surface area (Å²) in [5.74, 6) is 0. The van der Waals surface area contributed by atoms with Crippen LogP contribution in [0.4, 0.5) is 4.39 Å². The monoisotopic (exact) mass is 219 g/mol. The number of hydrogen-bond acceptors (Lipinski definition) is 3. The molecule has 4 heteroatoms. The van der Waals surface area contributed by atoms with E-state index < -0.39 is 6.17 Å². The third kappa shape index (κ3) is 8.54. The van der Waals surface area contributed by atoms with E-state index in [9.17, 15) is 4.39 Å². The molecule has 3 nitrogen and oxygen atoms in total. The van der Waals surface area contributed by atoms with Gasteiger partial charge in [-0.05, 0) is 19.8 Å². The molecule has 0 aliphatic carbocycles. The van der Waals surface area contributed by atoms with Gasteiger partial charge in [0.2, 0.25) is 0 Å². The molecule has 1 saturated heterocycles. The first kappa shape index (κ1) is 14.6. The quantitative estimate of drug-likeness (QED) is 0.729. The summed E-state index contributed by atoms with van der Waals surface area (Å²) < 4.78 is 17.0. The van der Waals surface area contributed by atoms with E-state index in [0.717, 1.165) is 13.0 Å². The minimum atomic E-state index is -0.706. The van der Waals surface area contributed by atoms with Crippen LogP contribution >= 0.6 is 0 Å². The molecule has 1 aliphatic rings. The first-order valence-corrected chi connectivity index (χ1v) is 5.20. The van der Waals surface area contributed by atoms with Crippen molar-refractivity contribution < 1.29 is 14.2 Å². The van der Waals surface area contributed by atoms with Gasteiger partial charge in [-0.2, -0.15) is 0 Å². The summed E-state index contributed by atoms with van der Waals surface area (Å²) in [6.45, 7) is 7.63. The number of nitrogens with zero attached hydrogens (tertiary/aromatic N) is 1. The average molecular weight is 219 g/mol. The molecule has 1 unspecified atom stereocenters. The lowest BCUT2D eigenvalue weighted by atomic mass is 10.3. The van der Waals surface area contributed by atoms with Crippen molar-refractivity contribution >= 4 is 0 Å². The third-order valence-corrected chi connectivity index (χ3v) is 2.15. The predicted molar refractivity (Wildman–Crippen MR) is 59.5 cm³/mol. The topological polar surface area (TPSA) is 32.7 Å². The largest absolute Gasteiger partial charge is 0.384 e. The summed E-state index contributed by atoms with van der Waals surface area (Å²) in [5, 5.41) is 8.44. The molecule has 0 aromatic rings. The number of hydrogen-bond donors (Lipinski definition) is 1. The second kappa shape index (κ2) is 8.83. The lowest BCUT2D eigenvalue weighted by Crippen LogP contribution is -2.21. The molecule has 0 amide bonds. The lowest BCUT2D eigenvalue weighted by Gasteiger charge is -2.07. The van der Waals surface area contributed by atoms with E-state index in [1.54, 1.807) is 12.0 Å². The van der Waals surface area contributed by atoms with Gasteiger partial charge in [-0.3, -0.25) is 4.90 Å². The fourth-order valence-corrected chi connectivity index (χ4v) is 1.19. The third-order valence-electron chi connectivity index (χ3n) is 2.15. The molecule has 15 heavy (non-hydrogen) atoms. The van der Waals surface area contributed by atoms with Gasteiger partial charge >= 0.3 is 0 Å². The predicted octanol–water partition coefficient (Wildman–Crippen LogP) is 1.58. The number of aliphatic hydroxyl groups excluding tert-OH is 1. The molecular weight excluding hydrogens is 197 g/mol. The Morgan fingerprint density at radius 2 is 2.33 bits per heavy atom. The van der Waals surface area contributed by atoms with Crippen LogP contribution in [-0.2, 0) is 4.74 Å². The fourth-order valence-electron chi connectivity index (χ4n) is 1.19. The van der Waals surface area contributed by atoms with Crippen molar-refractivity contribution in [1.29, 1.82) is 0 Å². The second-order valence-electron chi connectivity index (χ2n) is 3.80. The van der Waals surface area contributed by atoms with Gasteiger partial charge in [-0.25, -0.2) is 4.39 Å². The van der Waals surface area contributed by atoms with Crippen LogP contribution in [0.1, 0.15) is 19.8 Å². The maximum absolute atomic E-state index is 12.2. The zero-order chi connectivity index (χ0) is 11.7. The van der Waals surface area contributed by atoms with E-state index in [4.69, 9.17) is 9.84 Å². The van der Waals surface area contributed by atoms with Crippen LogP contribution in [0, 0.1) is 0 Å². The van der Waals surface area contributed by atoms with Crippen molar-refractivity contribution in [2.75, 3.05) is 33.5 Å². The molecule has 0 aromatic heterocycles. The van der Waals surface area contributed by atoms with E-state index in [0.29, 0.717) is 19.5 Å². The normalized spacial score (nSPS) is 20.9. The second-order valence-corrected chi connectivity index (χ2v) is 3.80. The minimum absolute atomic E-state index is 0.000417. The number of likely N-dealkylation sites (tertiary alicyclic amines) is 1. The van der Waals surface area contributed by atoms with Gasteiger partial charge in [0.25, 0.3) is 0 Å². The summed E-state index contributed by atoms with van der Waals surface area (Å²) in [4.78, 5) is 1.69. The Labute approximate surface area is 91.5 Å². The molecule has 1 aliphatic heterocycles. The molecule has 1 rings (SSSR count). The first-order valence-electron chi connectivity index (χ1n) is 5.20. The molecule has 1 fully saturated rings. The van der Waals surface area contributed by atoms with Crippen molar-refractivity contribution in [3.8, 4) is 0 Å². The Bertz CT molecular complexity index is 176. The number of aliphatic hydroxyl groups is 1. The smallest absolute Gasteiger partial charge is 0.114 e. The number of halogens is 1. The van der Waals surface area contributed by atoms with Gasteiger partial charge in [0.15, 0.2) is 0 Å². The molecule has 0 spiro atoms. The number of methoxy groups -OCH3 is 1. The minimum Gasteiger partial charge on any atom is -0.384 e. The van der Waals surface area contributed by atoms with E-state index in [-0.39, 0.29) is 6.73 Å². The molecule has 0 aromatic carbocycles.